The number of aliphatic hydroxyl groups excluding tert-OH is 2. The van der Waals surface area contributed by atoms with Crippen molar-refractivity contribution in [2.75, 3.05) is 13.2 Å². The maximum Gasteiger partial charge on any atom is 0.328 e. The summed E-state index contributed by atoms with van der Waals surface area (Å²) in [6, 6.07) is -3.01. The molecule has 25 heavy (non-hydrogen) atoms. The third kappa shape index (κ3) is 9.19. The Bertz CT molecular complexity index is 563. The van der Waals surface area contributed by atoms with Crippen molar-refractivity contribution in [3.05, 3.63) is 11.7 Å². The van der Waals surface area contributed by atoms with Gasteiger partial charge in [0.1, 0.15) is 0 Å². The number of nitrogens with two attached hydrogens (primary N) is 1. The topological polar surface area (TPSA) is 221 Å². The van der Waals surface area contributed by atoms with Crippen molar-refractivity contribution in [1.29, 1.82) is 0 Å². The molecule has 0 saturated carbocycles. The SMILES string of the molecule is CCC(=O)O.N[C@@H](CO)c1noc(CNC(=O)N[C@@H](CO)C(=O)O)n1. The summed E-state index contributed by atoms with van der Waals surface area (Å²) >= 11 is 0. The monoisotopic (exact) mass is 363 g/mol. The van der Waals surface area contributed by atoms with Gasteiger partial charge >= 0.3 is 18.0 Å². The highest BCUT2D eigenvalue weighted by Gasteiger charge is 2.19. The summed E-state index contributed by atoms with van der Waals surface area (Å²) in [5.74, 6) is -1.99. The fraction of sp³-hybridized carbons (Fsp3) is 0.583. The number of rotatable bonds is 8. The van der Waals surface area contributed by atoms with E-state index in [4.69, 9.17) is 30.7 Å². The molecule has 1 heterocycles. The number of aliphatic carboxylic acids is 2. The quantitative estimate of drug-likeness (QED) is 0.262. The number of hydrogen-bond acceptors (Lipinski definition) is 9. The van der Waals surface area contributed by atoms with Gasteiger partial charge in [0.2, 0.25) is 5.89 Å². The van der Waals surface area contributed by atoms with Crippen molar-refractivity contribution in [2.24, 2.45) is 5.73 Å². The molecule has 13 heteroatoms. The van der Waals surface area contributed by atoms with Crippen molar-refractivity contribution in [3.8, 4) is 0 Å². The number of aromatic nitrogens is 2. The zero-order valence-corrected chi connectivity index (χ0v) is 13.4. The molecule has 1 rings (SSSR count). The van der Waals surface area contributed by atoms with Gasteiger partial charge in [0.25, 0.3) is 0 Å². The van der Waals surface area contributed by atoms with E-state index in [-0.39, 0.29) is 31.3 Å². The fourth-order valence-electron chi connectivity index (χ4n) is 1.12. The molecule has 13 nitrogen and oxygen atoms in total. The fourth-order valence-corrected chi connectivity index (χ4v) is 1.12. The first-order valence-electron chi connectivity index (χ1n) is 7.03. The second-order valence-electron chi connectivity index (χ2n) is 4.48. The van der Waals surface area contributed by atoms with Gasteiger partial charge in [0, 0.05) is 6.42 Å². The van der Waals surface area contributed by atoms with Crippen molar-refractivity contribution in [3.63, 3.8) is 0 Å². The molecule has 2 atom stereocenters. The van der Waals surface area contributed by atoms with Gasteiger partial charge in [-0.1, -0.05) is 12.1 Å². The lowest BCUT2D eigenvalue weighted by Crippen LogP contribution is -2.47. The molecule has 0 aliphatic carbocycles. The van der Waals surface area contributed by atoms with Crippen LogP contribution in [0.1, 0.15) is 31.1 Å². The van der Waals surface area contributed by atoms with Gasteiger partial charge in [-0.3, -0.25) is 4.79 Å². The Morgan fingerprint density at radius 2 is 1.84 bits per heavy atom. The molecule has 0 unspecified atom stereocenters. The van der Waals surface area contributed by atoms with Crippen molar-refractivity contribution in [1.82, 2.24) is 20.8 Å². The molecule has 0 aliphatic heterocycles. The molecule has 0 saturated heterocycles. The van der Waals surface area contributed by atoms with Crippen molar-refractivity contribution >= 4 is 18.0 Å². The molecule has 0 aliphatic rings. The first-order chi connectivity index (χ1) is 11.7. The van der Waals surface area contributed by atoms with Gasteiger partial charge in [0.05, 0.1) is 25.8 Å². The molecular weight excluding hydrogens is 342 g/mol. The molecule has 2 amide bonds. The number of carbonyl (C=O) groups is 3. The average Bonchev–Trinajstić information content (AvgIpc) is 3.06. The lowest BCUT2D eigenvalue weighted by molar-refractivity contribution is -0.140. The highest BCUT2D eigenvalue weighted by atomic mass is 16.5. The Morgan fingerprint density at radius 1 is 1.24 bits per heavy atom. The minimum absolute atomic E-state index is 0.0370. The van der Waals surface area contributed by atoms with E-state index in [0.29, 0.717) is 0 Å². The normalized spacial score (nSPS) is 12.3. The van der Waals surface area contributed by atoms with Gasteiger partial charge in [0.15, 0.2) is 11.9 Å². The molecule has 0 fully saturated rings. The molecule has 8 N–H and O–H groups in total. The molecule has 0 radical (unpaired) electrons. The van der Waals surface area contributed by atoms with E-state index in [1.54, 1.807) is 6.92 Å². The lowest BCUT2D eigenvalue weighted by Gasteiger charge is -2.11. The van der Waals surface area contributed by atoms with Crippen LogP contribution in [0.25, 0.3) is 0 Å². The van der Waals surface area contributed by atoms with Crippen molar-refractivity contribution in [2.45, 2.75) is 32.0 Å². The Hall–Kier alpha value is -2.77. The smallest absolute Gasteiger partial charge is 0.328 e. The van der Waals surface area contributed by atoms with Crippen LogP contribution in [0.5, 0.6) is 0 Å². The summed E-state index contributed by atoms with van der Waals surface area (Å²) < 4.78 is 4.76. The number of carboxylic acids is 2. The lowest BCUT2D eigenvalue weighted by atomic mass is 10.3. The molecular formula is C12H21N5O8. The highest BCUT2D eigenvalue weighted by Crippen LogP contribution is 2.04. The summed E-state index contributed by atoms with van der Waals surface area (Å²) in [4.78, 5) is 35.1. The number of nitrogens with zero attached hydrogens (tertiary/aromatic N) is 2. The van der Waals surface area contributed by atoms with Crippen LogP contribution in [0.3, 0.4) is 0 Å². The van der Waals surface area contributed by atoms with E-state index in [1.165, 1.54) is 0 Å². The predicted octanol–water partition coefficient (Wildman–Crippen LogP) is -2.21. The minimum Gasteiger partial charge on any atom is -0.481 e. The van der Waals surface area contributed by atoms with E-state index in [9.17, 15) is 14.4 Å². The summed E-state index contributed by atoms with van der Waals surface area (Å²) in [6.07, 6.45) is 0.222. The molecule has 0 spiro atoms. The summed E-state index contributed by atoms with van der Waals surface area (Å²) in [5, 5.41) is 41.6. The standard InChI is InChI=1S/C9H15N5O6.C3H6O2/c10-4(2-15)7-13-6(20-14-7)1-11-9(19)12-5(3-16)8(17)18;1-2-3(4)5/h4-5,15-16H,1-3,10H2,(H,17,18)(H2,11,12,19);2H2,1H3,(H,4,5)/t4-,5-;/m0./s1. The number of hydrogen-bond donors (Lipinski definition) is 7. The third-order valence-corrected chi connectivity index (χ3v) is 2.50. The van der Waals surface area contributed by atoms with Crippen LogP contribution in [0.2, 0.25) is 0 Å². The van der Waals surface area contributed by atoms with Crippen LogP contribution in [0.15, 0.2) is 4.52 Å². The molecule has 0 aromatic carbocycles. The third-order valence-electron chi connectivity index (χ3n) is 2.50. The van der Waals surface area contributed by atoms with Gasteiger partial charge < -0.3 is 41.3 Å². The van der Waals surface area contributed by atoms with Crippen LogP contribution in [0, 0.1) is 0 Å². The predicted molar refractivity (Wildman–Crippen MR) is 80.1 cm³/mol. The first kappa shape index (κ1) is 22.2. The number of urea groups is 1. The van der Waals surface area contributed by atoms with E-state index in [0.717, 1.165) is 0 Å². The van der Waals surface area contributed by atoms with Gasteiger partial charge in [-0.15, -0.1) is 0 Å². The number of carboxylic acid groups (broad SMARTS) is 2. The molecule has 1 aromatic rings. The second kappa shape index (κ2) is 11.7. The van der Waals surface area contributed by atoms with Crippen LogP contribution < -0.4 is 16.4 Å². The average molecular weight is 363 g/mol. The highest BCUT2D eigenvalue weighted by molar-refractivity contribution is 5.82. The zero-order chi connectivity index (χ0) is 19.4. The second-order valence-corrected chi connectivity index (χ2v) is 4.48. The maximum atomic E-state index is 11.3. The Labute approximate surface area is 141 Å². The van der Waals surface area contributed by atoms with Gasteiger partial charge in [-0.25, -0.2) is 9.59 Å². The van der Waals surface area contributed by atoms with E-state index < -0.39 is 36.7 Å². The number of carbonyl (C=O) groups excluding carboxylic acids is 1. The summed E-state index contributed by atoms with van der Waals surface area (Å²) in [6.45, 7) is 0.347. The van der Waals surface area contributed by atoms with Crippen LogP contribution >= 0.6 is 0 Å². The minimum atomic E-state index is -1.41. The van der Waals surface area contributed by atoms with E-state index in [1.807, 2.05) is 5.32 Å². The van der Waals surface area contributed by atoms with E-state index in [2.05, 4.69) is 15.5 Å². The van der Waals surface area contributed by atoms with Crippen LogP contribution in [-0.2, 0) is 16.1 Å². The van der Waals surface area contributed by atoms with Crippen LogP contribution in [-0.4, -0.2) is 67.8 Å². The van der Waals surface area contributed by atoms with Crippen molar-refractivity contribution < 1.29 is 39.3 Å². The number of nitrogens with one attached hydrogen (secondary N) is 2. The maximum absolute atomic E-state index is 11.3. The summed E-state index contributed by atoms with van der Waals surface area (Å²) in [5.41, 5.74) is 5.45. The zero-order valence-electron chi connectivity index (χ0n) is 13.4. The van der Waals surface area contributed by atoms with Crippen LogP contribution in [0.4, 0.5) is 4.79 Å². The Morgan fingerprint density at radius 3 is 2.28 bits per heavy atom. The number of amides is 2. The number of aliphatic hydroxyl groups is 2. The molecule has 142 valence electrons. The largest absolute Gasteiger partial charge is 0.481 e. The van der Waals surface area contributed by atoms with E-state index >= 15 is 0 Å². The van der Waals surface area contributed by atoms with Gasteiger partial charge in [-0.2, -0.15) is 4.98 Å². The Kier molecular flexibility index (Phi) is 10.4. The molecule has 0 bridgehead atoms. The first-order valence-corrected chi connectivity index (χ1v) is 7.03. The summed E-state index contributed by atoms with van der Waals surface area (Å²) in [7, 11) is 0. The Balaban J connectivity index is 0.00000101. The molecule has 1 aromatic heterocycles. The van der Waals surface area contributed by atoms with Gasteiger partial charge in [-0.05, 0) is 0 Å².